The van der Waals surface area contributed by atoms with Crippen LogP contribution >= 0.6 is 0 Å². The zero-order valence-electron chi connectivity index (χ0n) is 19.3. The van der Waals surface area contributed by atoms with Gasteiger partial charge in [-0.25, -0.2) is 9.59 Å². The van der Waals surface area contributed by atoms with Crippen molar-refractivity contribution in [3.05, 3.63) is 82.9 Å². The van der Waals surface area contributed by atoms with Crippen molar-refractivity contribution in [2.45, 2.75) is 0 Å². The van der Waals surface area contributed by atoms with Crippen molar-refractivity contribution in [2.75, 3.05) is 28.4 Å². The molecule has 0 saturated heterocycles. The SMILES string of the molecule is COC(=O)c1cccc(OC)c1N=Cc1ccc(C=Nc2c(OC)cccc2C(=O)OC)cc1. The molecular formula is C26H24N2O6. The maximum absolute atomic E-state index is 12.1. The lowest BCUT2D eigenvalue weighted by molar-refractivity contribution is 0.0592. The molecule has 0 radical (unpaired) electrons. The molecule has 0 heterocycles. The second-order valence-corrected chi connectivity index (χ2v) is 6.88. The lowest BCUT2D eigenvalue weighted by atomic mass is 10.1. The first-order valence-electron chi connectivity index (χ1n) is 10.2. The van der Waals surface area contributed by atoms with Gasteiger partial charge in [0.1, 0.15) is 22.9 Å². The summed E-state index contributed by atoms with van der Waals surface area (Å²) in [5, 5.41) is 0. The fraction of sp³-hybridized carbons (Fsp3) is 0.154. The Hall–Kier alpha value is -4.46. The molecule has 0 N–H and O–H groups in total. The van der Waals surface area contributed by atoms with E-state index in [0.717, 1.165) is 11.1 Å². The van der Waals surface area contributed by atoms with Gasteiger partial charge in [-0.2, -0.15) is 0 Å². The maximum atomic E-state index is 12.1. The van der Waals surface area contributed by atoms with Gasteiger partial charge in [0, 0.05) is 12.4 Å². The van der Waals surface area contributed by atoms with Gasteiger partial charge in [0.2, 0.25) is 0 Å². The van der Waals surface area contributed by atoms with Gasteiger partial charge >= 0.3 is 11.9 Å². The fourth-order valence-corrected chi connectivity index (χ4v) is 3.14. The average molecular weight is 460 g/mol. The molecule has 0 bridgehead atoms. The normalized spacial score (nSPS) is 10.9. The van der Waals surface area contributed by atoms with Crippen LogP contribution in [0.25, 0.3) is 0 Å². The predicted octanol–water partition coefficient (Wildman–Crippen LogP) is 4.78. The number of rotatable bonds is 8. The summed E-state index contributed by atoms with van der Waals surface area (Å²) in [5.74, 6) is -0.0807. The van der Waals surface area contributed by atoms with E-state index in [4.69, 9.17) is 18.9 Å². The van der Waals surface area contributed by atoms with E-state index in [1.165, 1.54) is 28.4 Å². The van der Waals surface area contributed by atoms with Gasteiger partial charge in [0.25, 0.3) is 0 Å². The Morgan fingerprint density at radius 3 is 1.32 bits per heavy atom. The predicted molar refractivity (Wildman–Crippen MR) is 130 cm³/mol. The second-order valence-electron chi connectivity index (χ2n) is 6.88. The highest BCUT2D eigenvalue weighted by atomic mass is 16.5. The molecule has 0 amide bonds. The Bertz CT molecular complexity index is 1140. The molecule has 0 aliphatic heterocycles. The number of ether oxygens (including phenoxy) is 4. The van der Waals surface area contributed by atoms with E-state index in [-0.39, 0.29) is 0 Å². The minimum Gasteiger partial charge on any atom is -0.494 e. The van der Waals surface area contributed by atoms with Gasteiger partial charge in [0.15, 0.2) is 0 Å². The van der Waals surface area contributed by atoms with Gasteiger partial charge in [-0.3, -0.25) is 9.98 Å². The van der Waals surface area contributed by atoms with Crippen molar-refractivity contribution < 1.29 is 28.5 Å². The van der Waals surface area contributed by atoms with Crippen LogP contribution in [0.3, 0.4) is 0 Å². The molecule has 0 fully saturated rings. The summed E-state index contributed by atoms with van der Waals surface area (Å²) in [6.07, 6.45) is 3.25. The summed E-state index contributed by atoms with van der Waals surface area (Å²) in [5.41, 5.74) is 2.97. The van der Waals surface area contributed by atoms with Crippen molar-refractivity contribution >= 4 is 35.7 Å². The molecule has 3 aromatic carbocycles. The minimum atomic E-state index is -0.500. The van der Waals surface area contributed by atoms with Crippen molar-refractivity contribution in [1.29, 1.82) is 0 Å². The van der Waals surface area contributed by atoms with E-state index in [0.29, 0.717) is 34.0 Å². The highest BCUT2D eigenvalue weighted by Crippen LogP contribution is 2.33. The van der Waals surface area contributed by atoms with E-state index in [1.807, 2.05) is 24.3 Å². The Morgan fingerprint density at radius 1 is 0.618 bits per heavy atom. The lowest BCUT2D eigenvalue weighted by Crippen LogP contribution is -2.02. The quantitative estimate of drug-likeness (QED) is 0.355. The van der Waals surface area contributed by atoms with E-state index in [1.54, 1.807) is 48.8 Å². The van der Waals surface area contributed by atoms with Crippen LogP contribution in [0, 0.1) is 0 Å². The van der Waals surface area contributed by atoms with Crippen LogP contribution in [-0.4, -0.2) is 52.8 Å². The molecule has 0 spiro atoms. The third kappa shape index (κ3) is 5.47. The van der Waals surface area contributed by atoms with Crippen LogP contribution < -0.4 is 9.47 Å². The Kier molecular flexibility index (Phi) is 8.12. The summed E-state index contributed by atoms with van der Waals surface area (Å²) in [4.78, 5) is 33.0. The van der Waals surface area contributed by atoms with Crippen LogP contribution in [0.5, 0.6) is 11.5 Å². The summed E-state index contributed by atoms with van der Waals surface area (Å²) in [6.45, 7) is 0. The molecule has 0 saturated carbocycles. The van der Waals surface area contributed by atoms with Gasteiger partial charge in [-0.05, 0) is 35.4 Å². The van der Waals surface area contributed by atoms with Crippen LogP contribution in [0.1, 0.15) is 31.8 Å². The number of hydrogen-bond donors (Lipinski definition) is 0. The highest BCUT2D eigenvalue weighted by molar-refractivity contribution is 5.99. The van der Waals surface area contributed by atoms with Crippen molar-refractivity contribution in [3.63, 3.8) is 0 Å². The Labute approximate surface area is 197 Å². The first kappa shape index (κ1) is 24.2. The molecule has 0 aliphatic carbocycles. The topological polar surface area (TPSA) is 95.8 Å². The third-order valence-electron chi connectivity index (χ3n) is 4.87. The van der Waals surface area contributed by atoms with Crippen LogP contribution in [-0.2, 0) is 9.47 Å². The number of methoxy groups -OCH3 is 4. The fourth-order valence-electron chi connectivity index (χ4n) is 3.14. The summed E-state index contributed by atoms with van der Waals surface area (Å²) in [7, 11) is 5.65. The molecule has 3 aromatic rings. The summed E-state index contributed by atoms with van der Waals surface area (Å²) in [6, 6.07) is 17.5. The van der Waals surface area contributed by atoms with Gasteiger partial charge in [-0.1, -0.05) is 36.4 Å². The molecule has 0 atom stereocenters. The average Bonchev–Trinajstić information content (AvgIpc) is 2.89. The largest absolute Gasteiger partial charge is 0.494 e. The van der Waals surface area contributed by atoms with Gasteiger partial charge < -0.3 is 18.9 Å². The number of carbonyl (C=O) groups is 2. The van der Waals surface area contributed by atoms with E-state index in [2.05, 4.69) is 9.98 Å². The summed E-state index contributed by atoms with van der Waals surface area (Å²) < 4.78 is 20.3. The number of para-hydroxylation sites is 2. The molecule has 0 unspecified atom stereocenters. The van der Waals surface area contributed by atoms with E-state index < -0.39 is 11.9 Å². The molecule has 0 aliphatic rings. The van der Waals surface area contributed by atoms with Crippen LogP contribution in [0.4, 0.5) is 11.4 Å². The minimum absolute atomic E-state index is 0.306. The second kappa shape index (κ2) is 11.4. The number of esters is 2. The van der Waals surface area contributed by atoms with E-state index in [9.17, 15) is 9.59 Å². The lowest BCUT2D eigenvalue weighted by Gasteiger charge is -2.09. The van der Waals surface area contributed by atoms with Crippen LogP contribution in [0.15, 0.2) is 70.6 Å². The molecule has 3 rings (SSSR count). The highest BCUT2D eigenvalue weighted by Gasteiger charge is 2.16. The van der Waals surface area contributed by atoms with Gasteiger partial charge in [0.05, 0.1) is 39.6 Å². The smallest absolute Gasteiger partial charge is 0.340 e. The number of carbonyl (C=O) groups excluding carboxylic acids is 2. The monoisotopic (exact) mass is 460 g/mol. The number of hydrogen-bond acceptors (Lipinski definition) is 8. The first-order chi connectivity index (χ1) is 16.5. The number of benzene rings is 3. The zero-order chi connectivity index (χ0) is 24.5. The van der Waals surface area contributed by atoms with Crippen molar-refractivity contribution in [3.8, 4) is 11.5 Å². The zero-order valence-corrected chi connectivity index (χ0v) is 19.3. The molecular weight excluding hydrogens is 436 g/mol. The number of aliphatic imine (C=N–C) groups is 2. The summed E-state index contributed by atoms with van der Waals surface area (Å²) >= 11 is 0. The third-order valence-corrected chi connectivity index (χ3v) is 4.87. The standard InChI is InChI=1S/C26H24N2O6/c1-31-21-9-5-7-19(25(29)33-3)23(21)27-15-17-11-13-18(14-12-17)16-28-24-20(26(30)34-4)8-6-10-22(24)32-2/h5-16H,1-4H3. The Balaban J connectivity index is 1.86. The molecule has 8 nitrogen and oxygen atoms in total. The van der Waals surface area contributed by atoms with Gasteiger partial charge in [-0.15, -0.1) is 0 Å². The first-order valence-corrected chi connectivity index (χ1v) is 10.2. The van der Waals surface area contributed by atoms with E-state index >= 15 is 0 Å². The van der Waals surface area contributed by atoms with Crippen molar-refractivity contribution in [2.24, 2.45) is 9.98 Å². The number of nitrogens with zero attached hydrogens (tertiary/aromatic N) is 2. The molecule has 0 aromatic heterocycles. The molecule has 34 heavy (non-hydrogen) atoms. The Morgan fingerprint density at radius 2 is 1.00 bits per heavy atom. The maximum Gasteiger partial charge on any atom is 0.340 e. The van der Waals surface area contributed by atoms with Crippen LogP contribution in [0.2, 0.25) is 0 Å². The van der Waals surface area contributed by atoms with Crippen molar-refractivity contribution in [1.82, 2.24) is 0 Å². The molecule has 8 heteroatoms. The molecule has 174 valence electrons.